The summed E-state index contributed by atoms with van der Waals surface area (Å²) in [7, 11) is 0. The molecule has 1 aliphatic rings. The van der Waals surface area contributed by atoms with E-state index in [0.717, 1.165) is 35.2 Å². The van der Waals surface area contributed by atoms with Crippen LogP contribution in [0.4, 0.5) is 17.1 Å². The van der Waals surface area contributed by atoms with Gasteiger partial charge in [-0.2, -0.15) is 0 Å². The first-order chi connectivity index (χ1) is 39.8. The zero-order valence-corrected chi connectivity index (χ0v) is 29.2. The predicted molar refractivity (Wildman–Crippen MR) is 238 cm³/mol. The van der Waals surface area contributed by atoms with Crippen molar-refractivity contribution in [3.63, 3.8) is 0 Å². The van der Waals surface area contributed by atoms with Crippen LogP contribution in [0.15, 0.2) is 230 Å². The summed E-state index contributed by atoms with van der Waals surface area (Å²) < 4.78 is 257. The van der Waals surface area contributed by atoms with Gasteiger partial charge in [0.1, 0.15) is 0 Å². The summed E-state index contributed by atoms with van der Waals surface area (Å²) in [5.41, 5.74) is -9.00. The van der Waals surface area contributed by atoms with Crippen LogP contribution in [0, 0.1) is 0 Å². The molecule has 11 rings (SSSR count). The third kappa shape index (κ3) is 5.18. The summed E-state index contributed by atoms with van der Waals surface area (Å²) in [6.07, 6.45) is 0. The molecular formula is C55H38N2. The first-order valence-corrected chi connectivity index (χ1v) is 17.4. The summed E-state index contributed by atoms with van der Waals surface area (Å²) in [6.45, 7) is 0. The second-order valence-corrected chi connectivity index (χ2v) is 12.8. The summed E-state index contributed by atoms with van der Waals surface area (Å²) in [5, 5.41) is 0.103. The van der Waals surface area contributed by atoms with Crippen LogP contribution in [-0.4, -0.2) is 4.57 Å². The molecule has 57 heavy (non-hydrogen) atoms. The molecule has 0 fully saturated rings. The van der Waals surface area contributed by atoms with E-state index in [0.29, 0.717) is 0 Å². The average Bonchev–Trinajstić information content (AvgIpc) is 1.55. The fourth-order valence-corrected chi connectivity index (χ4v) is 7.57. The fourth-order valence-electron chi connectivity index (χ4n) is 7.57. The van der Waals surface area contributed by atoms with Crippen molar-refractivity contribution < 1.29 is 38.4 Å². The minimum Gasteiger partial charge on any atom is -0.310 e. The van der Waals surface area contributed by atoms with E-state index in [4.69, 9.17) is 20.6 Å². The maximum atomic E-state index is 9.98. The molecule has 0 N–H and O–H groups in total. The molecule has 0 amide bonds. The number of aromatic nitrogens is 1. The Kier molecular flexibility index (Phi) is 3.59. The van der Waals surface area contributed by atoms with Crippen molar-refractivity contribution in [3.8, 4) is 27.9 Å². The Morgan fingerprint density at radius 2 is 1.12 bits per heavy atom. The second-order valence-electron chi connectivity index (χ2n) is 12.8. The Bertz CT molecular complexity index is 4640. The highest BCUT2D eigenvalue weighted by molar-refractivity contribution is 6.10. The van der Waals surface area contributed by atoms with Gasteiger partial charge in [-0.15, -0.1) is 0 Å². The molecule has 268 valence electrons. The standard InChI is InChI=1S/C55H38N2/c1-5-19-41(20-6-1)55(42-21-7-2-8-22-42)51-30-15-13-28-47(51)48-35-33-46(38-52(48)55)56(43-23-9-3-10-24-43)45-27-17-18-39(36-45)40-32-34-50-49-29-14-16-31-53(49)57(54(50)37-40)44-25-11-4-12-26-44/h1-38H/i1D,2D,3D,4D,5D,6D,7D,8D,9D,10D,11D,13D,14D,15D,16D,17D,19D,20D,23D,24D,27D,28D,30D,32D,33D,34D,35D,37D. The first kappa shape index (κ1) is 15.3. The number of fused-ring (bicyclic) bond motifs is 6. The number of nitrogens with zero attached hydrogens (tertiary/aromatic N) is 2. The maximum absolute atomic E-state index is 9.98. The van der Waals surface area contributed by atoms with Gasteiger partial charge in [-0.3, -0.25) is 0 Å². The van der Waals surface area contributed by atoms with Crippen molar-refractivity contribution in [2.45, 2.75) is 5.41 Å². The summed E-state index contributed by atoms with van der Waals surface area (Å²) in [5.74, 6) is 0. The van der Waals surface area contributed by atoms with Gasteiger partial charge in [0.25, 0.3) is 0 Å². The van der Waals surface area contributed by atoms with Gasteiger partial charge in [0.15, 0.2) is 0 Å². The lowest BCUT2D eigenvalue weighted by Crippen LogP contribution is -2.28. The molecule has 0 saturated carbocycles. The van der Waals surface area contributed by atoms with E-state index in [1.165, 1.54) is 34.9 Å². The van der Waals surface area contributed by atoms with Crippen LogP contribution in [0.25, 0.3) is 49.7 Å². The second kappa shape index (κ2) is 13.4. The van der Waals surface area contributed by atoms with Crippen molar-refractivity contribution in [1.82, 2.24) is 4.57 Å². The highest BCUT2D eigenvalue weighted by Gasteiger charge is 2.46. The summed E-state index contributed by atoms with van der Waals surface area (Å²) in [4.78, 5) is 0.725. The molecule has 0 aliphatic heterocycles. The number of benzene rings is 9. The average molecular weight is 755 g/mol. The molecular weight excluding hydrogens is 689 g/mol. The highest BCUT2D eigenvalue weighted by Crippen LogP contribution is 2.57. The van der Waals surface area contributed by atoms with E-state index in [1.807, 2.05) is 0 Å². The van der Waals surface area contributed by atoms with Crippen LogP contribution in [0.2, 0.25) is 0 Å². The monoisotopic (exact) mass is 754 g/mol. The van der Waals surface area contributed by atoms with E-state index >= 15 is 0 Å². The fraction of sp³-hybridized carbons (Fsp3) is 0.0182. The molecule has 2 nitrogen and oxygen atoms in total. The lowest BCUT2D eigenvalue weighted by Gasteiger charge is -2.35. The van der Waals surface area contributed by atoms with Crippen LogP contribution in [0.1, 0.15) is 60.6 Å². The van der Waals surface area contributed by atoms with Gasteiger partial charge in [-0.1, -0.05) is 169 Å². The molecule has 1 unspecified atom stereocenters. The van der Waals surface area contributed by atoms with Crippen molar-refractivity contribution in [3.05, 3.63) is 252 Å². The van der Waals surface area contributed by atoms with Crippen molar-refractivity contribution in [2.75, 3.05) is 4.90 Å². The number of para-hydroxylation sites is 3. The van der Waals surface area contributed by atoms with Crippen molar-refractivity contribution >= 4 is 38.9 Å². The Hall–Kier alpha value is -7.42. The molecule has 1 aromatic heterocycles. The molecule has 10 aromatic rings. The van der Waals surface area contributed by atoms with Crippen LogP contribution in [-0.2, 0) is 5.41 Å². The number of anilines is 3. The van der Waals surface area contributed by atoms with E-state index in [9.17, 15) is 17.8 Å². The Morgan fingerprint density at radius 1 is 0.421 bits per heavy atom. The van der Waals surface area contributed by atoms with Crippen molar-refractivity contribution in [1.29, 1.82) is 0 Å². The molecule has 9 aromatic carbocycles. The predicted octanol–water partition coefficient (Wildman–Crippen LogP) is 14.3. The lowest BCUT2D eigenvalue weighted by molar-refractivity contribution is 0.768. The van der Waals surface area contributed by atoms with Gasteiger partial charge in [0.05, 0.1) is 54.8 Å². The number of hydrogen-bond donors (Lipinski definition) is 0. The topological polar surface area (TPSA) is 8.17 Å². The smallest absolute Gasteiger partial charge is 0.0714 e. The summed E-state index contributed by atoms with van der Waals surface area (Å²) in [6, 6.07) is -10.2. The number of hydrogen-bond acceptors (Lipinski definition) is 1. The van der Waals surface area contributed by atoms with Gasteiger partial charge in [-0.05, 0) is 105 Å². The van der Waals surface area contributed by atoms with E-state index in [-0.39, 0.29) is 57.2 Å². The lowest BCUT2D eigenvalue weighted by atomic mass is 9.67. The minimum atomic E-state index is -2.79. The molecule has 0 radical (unpaired) electrons. The summed E-state index contributed by atoms with van der Waals surface area (Å²) >= 11 is 0. The van der Waals surface area contributed by atoms with Gasteiger partial charge in [-0.25, -0.2) is 0 Å². The normalized spacial score (nSPS) is 21.3. The zero-order valence-electron chi connectivity index (χ0n) is 57.2. The molecule has 1 aliphatic carbocycles. The third-order valence-electron chi connectivity index (χ3n) is 9.90. The van der Waals surface area contributed by atoms with E-state index < -0.39 is 206 Å². The van der Waals surface area contributed by atoms with Gasteiger partial charge in [0.2, 0.25) is 0 Å². The molecule has 2 heteroatoms. The van der Waals surface area contributed by atoms with Gasteiger partial charge in [0, 0.05) is 33.5 Å². The van der Waals surface area contributed by atoms with Gasteiger partial charge >= 0.3 is 0 Å². The van der Waals surface area contributed by atoms with Crippen LogP contribution in [0.5, 0.6) is 0 Å². The maximum Gasteiger partial charge on any atom is 0.0714 e. The molecule has 0 saturated heterocycles. The van der Waals surface area contributed by atoms with E-state index in [1.54, 1.807) is 0 Å². The van der Waals surface area contributed by atoms with Crippen LogP contribution < -0.4 is 4.90 Å². The Balaban J connectivity index is 1.33. The molecule has 1 heterocycles. The van der Waals surface area contributed by atoms with E-state index in [2.05, 4.69) is 0 Å². The molecule has 0 spiro atoms. The van der Waals surface area contributed by atoms with Gasteiger partial charge < -0.3 is 9.47 Å². The number of rotatable bonds is 7. The minimum absolute atomic E-state index is 0.0503. The Labute approximate surface area is 372 Å². The quantitative estimate of drug-likeness (QED) is 0.157. The highest BCUT2D eigenvalue weighted by atomic mass is 15.1. The van der Waals surface area contributed by atoms with Crippen LogP contribution in [0.3, 0.4) is 0 Å². The third-order valence-corrected chi connectivity index (χ3v) is 9.90. The molecule has 1 atom stereocenters. The Morgan fingerprint density at radius 3 is 1.98 bits per heavy atom. The zero-order chi connectivity index (χ0) is 62.1. The van der Waals surface area contributed by atoms with Crippen LogP contribution >= 0.6 is 0 Å². The SMILES string of the molecule is [2H]c1ccc(-n2c3cc([2H])c([2H])cc3c3c([2H])c([2H])c(-c4cc([2H])c([2H])c(N(c5cc6c(c([2H])c5[2H])-c5c([2H])c([2H])c([2H])c([2H])c5C6(c5cc([2H])c([2H])c([2H])c5)c5c([2H])c([2H])c([2H])c([2H])c5[2H])c5c([2H])c([2H])c([2H])c([2H])c5[2H])c4)c([2H])c32)cc1[2H]. The molecule has 0 bridgehead atoms. The first-order valence-electron chi connectivity index (χ1n) is 31.4. The largest absolute Gasteiger partial charge is 0.310 e. The van der Waals surface area contributed by atoms with Crippen molar-refractivity contribution in [2.24, 2.45) is 0 Å².